The van der Waals surface area contributed by atoms with Crippen LogP contribution in [0.4, 0.5) is 19.0 Å². The van der Waals surface area contributed by atoms with Gasteiger partial charge in [-0.3, -0.25) is 4.79 Å². The summed E-state index contributed by atoms with van der Waals surface area (Å²) in [5, 5.41) is 14.2. The molecule has 2 fully saturated rings. The number of ether oxygens (including phenoxy) is 12. The molecule has 5 heterocycles. The lowest BCUT2D eigenvalue weighted by Gasteiger charge is -2.40. The van der Waals surface area contributed by atoms with Crippen LogP contribution < -0.4 is 14.4 Å². The zero-order chi connectivity index (χ0) is 54.2. The number of esters is 1. The fourth-order valence-electron chi connectivity index (χ4n) is 7.77. The number of anilines is 1. The summed E-state index contributed by atoms with van der Waals surface area (Å²) in [7, 11) is -2.11. The molecule has 2 atom stereocenters. The molecule has 2 unspecified atom stereocenters. The van der Waals surface area contributed by atoms with Crippen molar-refractivity contribution in [3.8, 4) is 11.5 Å². The van der Waals surface area contributed by atoms with Crippen molar-refractivity contribution >= 4 is 54.4 Å². The normalized spacial score (nSPS) is 15.8. The summed E-state index contributed by atoms with van der Waals surface area (Å²) < 4.78 is 110. The summed E-state index contributed by atoms with van der Waals surface area (Å²) >= 11 is 13.0. The lowest BCUT2D eigenvalue weighted by molar-refractivity contribution is -0.136. The molecule has 77 heavy (non-hydrogen) atoms. The molecule has 2 aromatic carbocycles. The van der Waals surface area contributed by atoms with Gasteiger partial charge in [-0.1, -0.05) is 22.9 Å². The summed E-state index contributed by atoms with van der Waals surface area (Å²) in [5.41, 5.74) is 2.34. The number of carbonyl (C=O) groups excluding carboxylic acids is 1. The fraction of sp³-hybridized carbons (Fsp3) is 0.583. The average Bonchev–Trinajstić information content (AvgIpc) is 4.17. The summed E-state index contributed by atoms with van der Waals surface area (Å²) in [6, 6.07) is 6.66. The summed E-state index contributed by atoms with van der Waals surface area (Å²) in [6.07, 6.45) is 4.02. The molecule has 2 saturated heterocycles. The first-order valence-corrected chi connectivity index (χ1v) is 27.0. The number of rotatable bonds is 38. The standard InChI is InChI=1S/C48H62Cl2F3N8O15P/c49-39-23-33(34-27-59(28-34)46-38-26-54-61(47(38)56-48(50)55-46)43-4-2-37(75-43)31-73-32-77(63)64)1-3-42(39)74-22-21-71-18-17-69-15-16-70-19-20-72-30-36-29-60(58-57-36)6-8-66-10-12-68-14-13-67-11-9-65-7-5-44(62)76-45-40(52)24-35(51)25-41(45)53/h1,3,23-26,29,34,37,43,63-64H,2,4-22,27-28,30-32H2. The van der Waals surface area contributed by atoms with Gasteiger partial charge in [-0.25, -0.2) is 22.5 Å². The molecular weight excluding hydrogens is 1090 g/mol. The Morgan fingerprint density at radius 2 is 1.38 bits per heavy atom. The number of carbonyl (C=O) groups is 1. The molecule has 23 nitrogen and oxygen atoms in total. The maximum atomic E-state index is 13.6. The first-order valence-electron chi connectivity index (χ1n) is 24.8. The van der Waals surface area contributed by atoms with Crippen LogP contribution in [0.2, 0.25) is 10.3 Å². The largest absolute Gasteiger partial charge is 0.490 e. The van der Waals surface area contributed by atoms with E-state index < -0.39 is 37.5 Å². The van der Waals surface area contributed by atoms with E-state index in [2.05, 4.69) is 35.0 Å². The van der Waals surface area contributed by atoms with Gasteiger partial charge < -0.3 is 71.5 Å². The first kappa shape index (κ1) is 60.2. The predicted molar refractivity (Wildman–Crippen MR) is 270 cm³/mol. The van der Waals surface area contributed by atoms with Crippen LogP contribution in [-0.2, 0) is 65.3 Å². The third kappa shape index (κ3) is 20.0. The van der Waals surface area contributed by atoms with Gasteiger partial charge in [0.15, 0.2) is 31.9 Å². The van der Waals surface area contributed by atoms with Crippen molar-refractivity contribution in [2.75, 3.05) is 137 Å². The van der Waals surface area contributed by atoms with Gasteiger partial charge in [0.05, 0.1) is 154 Å². The van der Waals surface area contributed by atoms with Gasteiger partial charge in [-0.05, 0) is 42.1 Å². The number of hydrogen-bond acceptors (Lipinski definition) is 21. The molecule has 5 aromatic rings. The minimum atomic E-state index is -2.11. The van der Waals surface area contributed by atoms with Crippen molar-refractivity contribution in [2.24, 2.45) is 0 Å². The molecule has 0 spiro atoms. The number of benzene rings is 2. The fourth-order valence-corrected chi connectivity index (χ4v) is 8.44. The lowest BCUT2D eigenvalue weighted by atomic mass is 9.91. The van der Waals surface area contributed by atoms with Crippen molar-refractivity contribution in [3.05, 3.63) is 81.7 Å². The Balaban J connectivity index is 0.622. The smallest absolute Gasteiger partial charge is 0.313 e. The molecule has 0 aliphatic carbocycles. The molecular formula is C48H62Cl2F3N8O15P. The molecule has 0 bridgehead atoms. The van der Waals surface area contributed by atoms with E-state index in [0.717, 1.165) is 17.4 Å². The third-order valence-electron chi connectivity index (χ3n) is 11.5. The zero-order valence-corrected chi connectivity index (χ0v) is 44.5. The topological polar surface area (TPSA) is 246 Å². The van der Waals surface area contributed by atoms with Gasteiger partial charge in [-0.15, -0.1) is 5.10 Å². The van der Waals surface area contributed by atoms with Crippen LogP contribution in [0.1, 0.15) is 42.7 Å². The number of halogens is 5. The van der Waals surface area contributed by atoms with Gasteiger partial charge >= 0.3 is 5.97 Å². The van der Waals surface area contributed by atoms with Gasteiger partial charge in [-0.2, -0.15) is 15.1 Å². The Morgan fingerprint density at radius 3 is 2.03 bits per heavy atom. The Labute approximate surface area is 452 Å². The quantitative estimate of drug-likeness (QED) is 0.0165. The molecule has 424 valence electrons. The van der Waals surface area contributed by atoms with Crippen LogP contribution in [-0.4, -0.2) is 188 Å². The van der Waals surface area contributed by atoms with E-state index in [9.17, 15) is 18.0 Å². The highest BCUT2D eigenvalue weighted by Gasteiger charge is 2.34. The van der Waals surface area contributed by atoms with Crippen LogP contribution in [0.3, 0.4) is 0 Å². The third-order valence-corrected chi connectivity index (χ3v) is 12.4. The predicted octanol–water partition coefficient (Wildman–Crippen LogP) is 5.40. The maximum Gasteiger partial charge on any atom is 0.313 e. The molecule has 7 rings (SSSR count). The SMILES string of the molecule is O=C(CCOCCOCCOCCOCCn1cc(COCCOCCOCCOCCOc2ccc(C3CN(c4nc(Cl)nc5c4cnn5C4CCC(COCP(O)O)O4)C3)cc2Cl)nn1)Oc1c(F)cc(F)cc1F. The highest BCUT2D eigenvalue weighted by atomic mass is 35.5. The van der Waals surface area contributed by atoms with Crippen LogP contribution >= 0.6 is 31.6 Å². The van der Waals surface area contributed by atoms with E-state index in [-0.39, 0.29) is 62.7 Å². The molecule has 0 radical (unpaired) electrons. The molecule has 2 aliphatic heterocycles. The first-order chi connectivity index (χ1) is 37.5. The Kier molecular flexibility index (Phi) is 25.4. The molecule has 29 heteroatoms. The van der Waals surface area contributed by atoms with Crippen LogP contribution in [0.5, 0.6) is 11.5 Å². The average molecular weight is 1150 g/mol. The van der Waals surface area contributed by atoms with Crippen molar-refractivity contribution in [1.82, 2.24) is 34.7 Å². The Morgan fingerprint density at radius 1 is 0.753 bits per heavy atom. The monoisotopic (exact) mass is 1150 g/mol. The number of aromatic nitrogens is 7. The van der Waals surface area contributed by atoms with Crippen molar-refractivity contribution in [2.45, 2.75) is 50.7 Å². The van der Waals surface area contributed by atoms with Crippen LogP contribution in [0.15, 0.2) is 42.7 Å². The molecule has 3 aromatic heterocycles. The number of fused-ring (bicyclic) bond motifs is 1. The van der Waals surface area contributed by atoms with E-state index in [0.29, 0.717) is 159 Å². The van der Waals surface area contributed by atoms with E-state index >= 15 is 0 Å². The number of nitrogens with zero attached hydrogens (tertiary/aromatic N) is 8. The minimum absolute atomic E-state index is 0.0519. The highest BCUT2D eigenvalue weighted by Crippen LogP contribution is 2.39. The minimum Gasteiger partial charge on any atom is -0.490 e. The van der Waals surface area contributed by atoms with Crippen molar-refractivity contribution in [1.29, 1.82) is 0 Å². The second-order valence-electron chi connectivity index (χ2n) is 17.2. The maximum absolute atomic E-state index is 13.6. The van der Waals surface area contributed by atoms with Crippen LogP contribution in [0.25, 0.3) is 11.0 Å². The Bertz CT molecular complexity index is 2550. The molecule has 2 aliphatic rings. The molecule has 0 saturated carbocycles. The molecule has 0 amide bonds. The van der Waals surface area contributed by atoms with E-state index in [1.165, 1.54) is 0 Å². The zero-order valence-electron chi connectivity index (χ0n) is 42.1. The second kappa shape index (κ2) is 32.6. The summed E-state index contributed by atoms with van der Waals surface area (Å²) in [4.78, 5) is 41.1. The van der Waals surface area contributed by atoms with E-state index in [1.54, 1.807) is 21.8 Å². The van der Waals surface area contributed by atoms with Crippen LogP contribution in [0, 0.1) is 17.5 Å². The lowest BCUT2D eigenvalue weighted by Crippen LogP contribution is -2.45. The van der Waals surface area contributed by atoms with Gasteiger partial charge in [0.1, 0.15) is 36.0 Å². The molecule has 2 N–H and O–H groups in total. The Hall–Kier alpha value is -4.48. The van der Waals surface area contributed by atoms with E-state index in [1.807, 2.05) is 18.2 Å². The van der Waals surface area contributed by atoms with Gasteiger partial charge in [0.25, 0.3) is 0 Å². The van der Waals surface area contributed by atoms with Gasteiger partial charge in [0.2, 0.25) is 11.0 Å². The van der Waals surface area contributed by atoms with Crippen molar-refractivity contribution in [3.63, 3.8) is 0 Å². The van der Waals surface area contributed by atoms with Gasteiger partial charge in [0, 0.05) is 31.1 Å². The summed E-state index contributed by atoms with van der Waals surface area (Å²) in [6.45, 7) is 7.76. The number of hydrogen-bond donors (Lipinski definition) is 2. The van der Waals surface area contributed by atoms with E-state index in [4.69, 9.17) is 85.1 Å². The van der Waals surface area contributed by atoms with Crippen molar-refractivity contribution < 1.29 is 84.6 Å². The summed E-state index contributed by atoms with van der Waals surface area (Å²) in [5.74, 6) is -4.12. The highest BCUT2D eigenvalue weighted by molar-refractivity contribution is 7.44. The second-order valence-corrected chi connectivity index (χ2v) is 18.9.